The molecule has 1 saturated heterocycles. The molecule has 3 atom stereocenters. The highest BCUT2D eigenvalue weighted by Gasteiger charge is 2.35. The van der Waals surface area contributed by atoms with Crippen molar-refractivity contribution in [3.8, 4) is 0 Å². The molecular weight excluding hydrogens is 384 g/mol. The van der Waals surface area contributed by atoms with Crippen molar-refractivity contribution >= 4 is 23.6 Å². The summed E-state index contributed by atoms with van der Waals surface area (Å²) in [6.07, 6.45) is 0.733. The number of carbonyl (C=O) groups is 4. The normalized spacial score (nSPS) is 24.3. The lowest BCUT2D eigenvalue weighted by molar-refractivity contribution is -0.145. The summed E-state index contributed by atoms with van der Waals surface area (Å²) in [6, 6.07) is 7.04. The van der Waals surface area contributed by atoms with Gasteiger partial charge in [0.1, 0.15) is 18.1 Å². The van der Waals surface area contributed by atoms with Crippen LogP contribution in [-0.4, -0.2) is 72.2 Å². The lowest BCUT2D eigenvalue weighted by atomic mass is 9.99. The zero-order chi connectivity index (χ0) is 22.4. The van der Waals surface area contributed by atoms with E-state index in [0.717, 1.165) is 5.56 Å². The number of hydrogen-bond donors (Lipinski definition) is 2. The van der Waals surface area contributed by atoms with Crippen LogP contribution in [0.3, 0.4) is 0 Å². The monoisotopic (exact) mass is 416 g/mol. The van der Waals surface area contributed by atoms with Crippen molar-refractivity contribution in [1.29, 1.82) is 0 Å². The van der Waals surface area contributed by atoms with Gasteiger partial charge in [0.2, 0.25) is 23.6 Å². The third-order valence-corrected chi connectivity index (χ3v) is 5.48. The first-order valence-corrected chi connectivity index (χ1v) is 10.3. The minimum Gasteiger partial charge on any atom is -0.345 e. The van der Waals surface area contributed by atoms with Gasteiger partial charge in [0.05, 0.1) is 6.54 Å². The summed E-state index contributed by atoms with van der Waals surface area (Å²) in [7, 11) is 3.08. The fourth-order valence-electron chi connectivity index (χ4n) is 3.42. The SMILES string of the molecule is CC(C)C[C@@H]1NC(=O)[C@H](C)N(C)C(=O)CNC(=O)[C@H](Cc2ccccc2)N(C)C1=O. The number of likely N-dealkylation sites (N-methyl/N-ethyl adjacent to an activating group) is 2. The number of nitrogens with one attached hydrogen (secondary N) is 2. The van der Waals surface area contributed by atoms with E-state index in [1.807, 2.05) is 44.2 Å². The average Bonchev–Trinajstić information content (AvgIpc) is 2.72. The summed E-state index contributed by atoms with van der Waals surface area (Å²) in [5.41, 5.74) is 0.894. The zero-order valence-electron chi connectivity index (χ0n) is 18.3. The first-order chi connectivity index (χ1) is 14.1. The second-order valence-electron chi connectivity index (χ2n) is 8.24. The van der Waals surface area contributed by atoms with E-state index < -0.39 is 29.9 Å². The quantitative estimate of drug-likeness (QED) is 0.749. The molecule has 1 heterocycles. The summed E-state index contributed by atoms with van der Waals surface area (Å²) in [5, 5.41) is 5.43. The standard InChI is InChI=1S/C22H32N4O4/c1-14(2)11-17-22(30)26(5)18(12-16-9-7-6-8-10-16)21(29)23-13-19(27)25(4)15(3)20(28)24-17/h6-10,14-15,17-18H,11-13H2,1-5H3,(H,23,29)(H,24,28)/t15-,17-,18-/m0/s1. The van der Waals surface area contributed by atoms with E-state index in [1.54, 1.807) is 14.0 Å². The Kier molecular flexibility index (Phi) is 7.97. The molecule has 1 aromatic rings. The van der Waals surface area contributed by atoms with Crippen LogP contribution in [0.15, 0.2) is 30.3 Å². The fraction of sp³-hybridized carbons (Fsp3) is 0.545. The van der Waals surface area contributed by atoms with Gasteiger partial charge in [-0.1, -0.05) is 44.2 Å². The predicted molar refractivity (Wildman–Crippen MR) is 113 cm³/mol. The average molecular weight is 417 g/mol. The van der Waals surface area contributed by atoms with Gasteiger partial charge < -0.3 is 20.4 Å². The summed E-state index contributed by atoms with van der Waals surface area (Å²) >= 11 is 0. The Labute approximate surface area is 178 Å². The third-order valence-electron chi connectivity index (χ3n) is 5.48. The van der Waals surface area contributed by atoms with Gasteiger partial charge in [-0.3, -0.25) is 19.2 Å². The van der Waals surface area contributed by atoms with Crippen molar-refractivity contribution in [1.82, 2.24) is 20.4 Å². The second kappa shape index (κ2) is 10.2. The largest absolute Gasteiger partial charge is 0.345 e. The molecule has 1 fully saturated rings. The van der Waals surface area contributed by atoms with Gasteiger partial charge in [0, 0.05) is 20.5 Å². The Hall–Kier alpha value is -2.90. The van der Waals surface area contributed by atoms with Crippen LogP contribution in [0.4, 0.5) is 0 Å². The van der Waals surface area contributed by atoms with Crippen LogP contribution in [0, 0.1) is 5.92 Å². The van der Waals surface area contributed by atoms with Gasteiger partial charge in [0.15, 0.2) is 0 Å². The molecule has 0 saturated carbocycles. The van der Waals surface area contributed by atoms with E-state index in [0.29, 0.717) is 12.8 Å². The summed E-state index contributed by atoms with van der Waals surface area (Å²) in [5.74, 6) is -1.35. The van der Waals surface area contributed by atoms with Crippen molar-refractivity contribution in [2.75, 3.05) is 20.6 Å². The smallest absolute Gasteiger partial charge is 0.245 e. The zero-order valence-corrected chi connectivity index (χ0v) is 18.3. The molecular formula is C22H32N4O4. The molecule has 1 aliphatic heterocycles. The van der Waals surface area contributed by atoms with Crippen molar-refractivity contribution in [2.45, 2.75) is 51.7 Å². The van der Waals surface area contributed by atoms with Gasteiger partial charge in [0.25, 0.3) is 0 Å². The first-order valence-electron chi connectivity index (χ1n) is 10.3. The van der Waals surface area contributed by atoms with Crippen LogP contribution >= 0.6 is 0 Å². The van der Waals surface area contributed by atoms with E-state index in [1.165, 1.54) is 16.8 Å². The summed E-state index contributed by atoms with van der Waals surface area (Å²) < 4.78 is 0. The molecule has 0 spiro atoms. The molecule has 0 bridgehead atoms. The molecule has 0 unspecified atom stereocenters. The minimum atomic E-state index is -0.804. The van der Waals surface area contributed by atoms with Gasteiger partial charge in [-0.15, -0.1) is 0 Å². The molecule has 0 radical (unpaired) electrons. The molecule has 1 aliphatic rings. The minimum absolute atomic E-state index is 0.150. The topological polar surface area (TPSA) is 98.8 Å². The van der Waals surface area contributed by atoms with Crippen molar-refractivity contribution < 1.29 is 19.2 Å². The fourth-order valence-corrected chi connectivity index (χ4v) is 3.42. The molecule has 2 rings (SSSR count). The second-order valence-corrected chi connectivity index (χ2v) is 8.24. The number of amides is 4. The van der Waals surface area contributed by atoms with Gasteiger partial charge in [-0.2, -0.15) is 0 Å². The Morgan fingerprint density at radius 1 is 1.00 bits per heavy atom. The van der Waals surface area contributed by atoms with Crippen LogP contribution in [-0.2, 0) is 25.6 Å². The maximum Gasteiger partial charge on any atom is 0.245 e. The van der Waals surface area contributed by atoms with Crippen LogP contribution in [0.25, 0.3) is 0 Å². The van der Waals surface area contributed by atoms with Crippen LogP contribution < -0.4 is 10.6 Å². The van der Waals surface area contributed by atoms with E-state index >= 15 is 0 Å². The highest BCUT2D eigenvalue weighted by Crippen LogP contribution is 2.14. The molecule has 30 heavy (non-hydrogen) atoms. The molecule has 164 valence electrons. The Balaban J connectivity index is 2.39. The lowest BCUT2D eigenvalue weighted by Crippen LogP contribution is -2.59. The molecule has 2 N–H and O–H groups in total. The Morgan fingerprint density at radius 2 is 1.63 bits per heavy atom. The van der Waals surface area contributed by atoms with E-state index in [2.05, 4.69) is 10.6 Å². The third kappa shape index (κ3) is 5.81. The van der Waals surface area contributed by atoms with Gasteiger partial charge in [-0.05, 0) is 24.8 Å². The molecule has 0 aromatic heterocycles. The number of carbonyl (C=O) groups excluding carboxylic acids is 4. The van der Waals surface area contributed by atoms with E-state index in [4.69, 9.17) is 0 Å². The Morgan fingerprint density at radius 3 is 2.23 bits per heavy atom. The molecule has 1 aromatic carbocycles. The van der Waals surface area contributed by atoms with Crippen LogP contribution in [0.2, 0.25) is 0 Å². The van der Waals surface area contributed by atoms with Crippen LogP contribution in [0.1, 0.15) is 32.8 Å². The van der Waals surface area contributed by atoms with Crippen molar-refractivity contribution in [2.24, 2.45) is 5.92 Å². The van der Waals surface area contributed by atoms with Crippen molar-refractivity contribution in [3.05, 3.63) is 35.9 Å². The van der Waals surface area contributed by atoms with E-state index in [9.17, 15) is 19.2 Å². The lowest BCUT2D eigenvalue weighted by Gasteiger charge is -2.34. The van der Waals surface area contributed by atoms with E-state index in [-0.39, 0.29) is 24.3 Å². The molecule has 8 nitrogen and oxygen atoms in total. The van der Waals surface area contributed by atoms with Crippen molar-refractivity contribution in [3.63, 3.8) is 0 Å². The van der Waals surface area contributed by atoms with Gasteiger partial charge >= 0.3 is 0 Å². The number of nitrogens with zero attached hydrogens (tertiary/aromatic N) is 2. The highest BCUT2D eigenvalue weighted by atomic mass is 16.2. The Bertz CT molecular complexity index is 781. The summed E-state index contributed by atoms with van der Waals surface area (Å²) in [4.78, 5) is 54.1. The number of benzene rings is 1. The number of rotatable bonds is 4. The molecule has 4 amide bonds. The maximum atomic E-state index is 13.3. The first kappa shape index (κ1) is 23.4. The van der Waals surface area contributed by atoms with Crippen LogP contribution in [0.5, 0.6) is 0 Å². The van der Waals surface area contributed by atoms with Gasteiger partial charge in [-0.25, -0.2) is 0 Å². The summed E-state index contributed by atoms with van der Waals surface area (Å²) in [6.45, 7) is 5.28. The molecule has 0 aliphatic carbocycles. The molecule has 8 heteroatoms. The predicted octanol–water partition coefficient (Wildman–Crippen LogP) is 0.564. The maximum absolute atomic E-state index is 13.3. The number of hydrogen-bond acceptors (Lipinski definition) is 4. The highest BCUT2D eigenvalue weighted by molar-refractivity contribution is 5.96.